The quantitative estimate of drug-likeness (QED) is 0.511. The third-order valence-electron chi connectivity index (χ3n) is 0.302. The first kappa shape index (κ1) is 16.0. The highest BCUT2D eigenvalue weighted by Crippen LogP contribution is 1.67. The van der Waals surface area contributed by atoms with Crippen LogP contribution in [0, 0.1) is 0 Å². The maximum absolute atomic E-state index is 9.37. The molecule has 0 fully saturated rings. The Morgan fingerprint density at radius 1 is 1.30 bits per heavy atom. The second-order valence-electron chi connectivity index (χ2n) is 1.27. The average molecular weight is 151 g/mol. The number of hydrogen-bond acceptors (Lipinski definition) is 3. The summed E-state index contributed by atoms with van der Waals surface area (Å²) >= 11 is 0. The van der Waals surface area contributed by atoms with Crippen molar-refractivity contribution in [3.63, 3.8) is 0 Å². The van der Waals surface area contributed by atoms with Crippen LogP contribution in [0.1, 0.15) is 20.3 Å². The Morgan fingerprint density at radius 3 is 1.40 bits per heavy atom. The molecule has 10 heavy (non-hydrogen) atoms. The molecule has 0 rings (SSSR count). The molecule has 0 atom stereocenters. The predicted octanol–water partition coefficient (Wildman–Crippen LogP) is 0.734. The second kappa shape index (κ2) is 10.8. The topological polar surface area (TPSA) is 110 Å². The molecule has 0 spiro atoms. The van der Waals surface area contributed by atoms with Crippen LogP contribution in [0.25, 0.3) is 0 Å². The third kappa shape index (κ3) is 297. The van der Waals surface area contributed by atoms with E-state index in [0.717, 1.165) is 6.92 Å². The van der Waals surface area contributed by atoms with Crippen LogP contribution in [-0.2, 0) is 9.59 Å². The molecule has 0 saturated carbocycles. The summed E-state index contributed by atoms with van der Waals surface area (Å²) in [7, 11) is 0. The first-order valence-corrected chi connectivity index (χ1v) is 2.42. The number of hydrogen-bond donors (Lipinski definition) is 3. The van der Waals surface area contributed by atoms with Crippen LogP contribution in [0.5, 0.6) is 0 Å². The van der Waals surface area contributed by atoms with Gasteiger partial charge in [0.2, 0.25) is 0 Å². The Bertz CT molecular complexity index is 97.8. The molecule has 0 radical (unpaired) electrons. The minimum absolute atomic E-state index is 0. The summed E-state index contributed by atoms with van der Waals surface area (Å²) in [6, 6.07) is 0. The predicted molar refractivity (Wildman–Crippen MR) is 36.3 cm³/mol. The summed E-state index contributed by atoms with van der Waals surface area (Å²) < 4.78 is 0. The molecule has 0 unspecified atom stereocenters. The molecule has 62 valence electrons. The minimum atomic E-state index is -0.833. The Kier molecular flexibility index (Phi) is 17.2. The molecule has 5 N–H and O–H groups in total. The van der Waals surface area contributed by atoms with E-state index in [2.05, 4.69) is 0 Å². The fourth-order valence-electron chi connectivity index (χ4n) is 0. The zero-order valence-corrected chi connectivity index (χ0v) is 6.13. The van der Waals surface area contributed by atoms with E-state index >= 15 is 0 Å². The third-order valence-corrected chi connectivity index (χ3v) is 0.302. The number of carboxylic acid groups (broad SMARTS) is 2. The molecule has 0 amide bonds. The lowest BCUT2D eigenvalue weighted by molar-refractivity contribution is -0.137. The summed E-state index contributed by atoms with van der Waals surface area (Å²) in [6.45, 7) is 2.68. The molecule has 0 aliphatic heterocycles. The maximum atomic E-state index is 9.37. The van der Waals surface area contributed by atoms with Crippen molar-refractivity contribution in [2.75, 3.05) is 0 Å². The Hall–Kier alpha value is -1.10. The van der Waals surface area contributed by atoms with Crippen molar-refractivity contribution in [3.8, 4) is 0 Å². The summed E-state index contributed by atoms with van der Waals surface area (Å²) in [5.41, 5.74) is 0. The fraction of sp³-hybridized carbons (Fsp3) is 0.600. The number of carboxylic acids is 2. The molecule has 0 aromatic rings. The van der Waals surface area contributed by atoms with Gasteiger partial charge in [0.05, 0.1) is 0 Å². The van der Waals surface area contributed by atoms with Gasteiger partial charge in [0.25, 0.3) is 5.97 Å². The molecular formula is C5H13NO4. The molecule has 0 aliphatic rings. The Balaban J connectivity index is -0.0000000910. The second-order valence-corrected chi connectivity index (χ2v) is 1.27. The van der Waals surface area contributed by atoms with Gasteiger partial charge in [-0.3, -0.25) is 9.59 Å². The van der Waals surface area contributed by atoms with Gasteiger partial charge in [-0.05, 0) is 0 Å². The summed E-state index contributed by atoms with van der Waals surface area (Å²) in [4.78, 5) is 18.4. The maximum Gasteiger partial charge on any atom is 0.303 e. The Morgan fingerprint density at radius 2 is 1.40 bits per heavy atom. The molecule has 0 heterocycles. The van der Waals surface area contributed by atoms with E-state index in [4.69, 9.17) is 15.0 Å². The first-order chi connectivity index (χ1) is 4.00. The highest BCUT2D eigenvalue weighted by molar-refractivity contribution is 5.66. The van der Waals surface area contributed by atoms with E-state index in [1.165, 1.54) is 0 Å². The van der Waals surface area contributed by atoms with Gasteiger partial charge < -0.3 is 16.4 Å². The van der Waals surface area contributed by atoms with Crippen molar-refractivity contribution in [2.45, 2.75) is 20.3 Å². The lowest BCUT2D eigenvalue weighted by Crippen LogP contribution is -1.86. The molecule has 0 aromatic heterocycles. The van der Waals surface area contributed by atoms with Gasteiger partial charge in [-0.25, -0.2) is 0 Å². The van der Waals surface area contributed by atoms with Crippen LogP contribution >= 0.6 is 0 Å². The summed E-state index contributed by atoms with van der Waals surface area (Å²) in [5, 5.41) is 15.1. The van der Waals surface area contributed by atoms with Gasteiger partial charge in [-0.1, -0.05) is 6.92 Å². The largest absolute Gasteiger partial charge is 0.481 e. The van der Waals surface area contributed by atoms with Crippen molar-refractivity contribution in [2.24, 2.45) is 0 Å². The van der Waals surface area contributed by atoms with E-state index in [1.807, 2.05) is 0 Å². The van der Waals surface area contributed by atoms with E-state index in [9.17, 15) is 4.79 Å². The summed E-state index contributed by atoms with van der Waals surface area (Å²) in [5.74, 6) is -1.58. The van der Waals surface area contributed by atoms with Crippen molar-refractivity contribution in [3.05, 3.63) is 0 Å². The standard InChI is InChI=1S/C3H6O2.C2H4O2.H3N/c1-2-3(4)5;1-2(3)4;/h2H2,1H3,(H,4,5);1H3,(H,3,4);1H3. The van der Waals surface area contributed by atoms with E-state index in [1.54, 1.807) is 6.92 Å². The summed E-state index contributed by atoms with van der Waals surface area (Å²) in [6.07, 6.45) is 0.222. The van der Waals surface area contributed by atoms with Gasteiger partial charge in [-0.2, -0.15) is 0 Å². The first-order valence-electron chi connectivity index (χ1n) is 2.42. The highest BCUT2D eigenvalue weighted by Gasteiger charge is 1.80. The van der Waals surface area contributed by atoms with Crippen molar-refractivity contribution in [1.29, 1.82) is 0 Å². The minimum Gasteiger partial charge on any atom is -0.481 e. The van der Waals surface area contributed by atoms with Crippen molar-refractivity contribution >= 4 is 11.9 Å². The normalized spacial score (nSPS) is 6.20. The van der Waals surface area contributed by atoms with Crippen molar-refractivity contribution < 1.29 is 19.8 Å². The lowest BCUT2D eigenvalue weighted by Gasteiger charge is -1.71. The van der Waals surface area contributed by atoms with Crippen LogP contribution < -0.4 is 6.15 Å². The van der Waals surface area contributed by atoms with Gasteiger partial charge in [0, 0.05) is 13.3 Å². The van der Waals surface area contributed by atoms with E-state index < -0.39 is 11.9 Å². The zero-order chi connectivity index (χ0) is 7.86. The molecule has 0 aromatic carbocycles. The zero-order valence-electron chi connectivity index (χ0n) is 6.13. The molecule has 0 bridgehead atoms. The van der Waals surface area contributed by atoms with E-state index in [0.29, 0.717) is 0 Å². The number of rotatable bonds is 1. The van der Waals surface area contributed by atoms with Gasteiger partial charge in [0.15, 0.2) is 0 Å². The SMILES string of the molecule is CC(=O)O.CCC(=O)O.N. The van der Waals surface area contributed by atoms with Crippen LogP contribution in [0.3, 0.4) is 0 Å². The number of carbonyl (C=O) groups is 2. The van der Waals surface area contributed by atoms with Gasteiger partial charge >= 0.3 is 5.97 Å². The van der Waals surface area contributed by atoms with Gasteiger partial charge in [-0.15, -0.1) is 0 Å². The van der Waals surface area contributed by atoms with Crippen LogP contribution in [0.2, 0.25) is 0 Å². The lowest BCUT2D eigenvalue weighted by atomic mass is 10.5. The van der Waals surface area contributed by atoms with Crippen LogP contribution in [0.4, 0.5) is 0 Å². The van der Waals surface area contributed by atoms with Crippen LogP contribution in [-0.4, -0.2) is 22.2 Å². The highest BCUT2D eigenvalue weighted by atomic mass is 16.4. The Labute approximate surface area is 59.3 Å². The van der Waals surface area contributed by atoms with E-state index in [-0.39, 0.29) is 12.6 Å². The molecule has 0 aliphatic carbocycles. The smallest absolute Gasteiger partial charge is 0.303 e. The molecular weight excluding hydrogens is 138 g/mol. The average Bonchev–Trinajstić information content (AvgIpc) is 1.65. The number of aliphatic carboxylic acids is 2. The molecule has 5 heteroatoms. The molecule has 5 nitrogen and oxygen atoms in total. The van der Waals surface area contributed by atoms with Crippen LogP contribution in [0.15, 0.2) is 0 Å². The van der Waals surface area contributed by atoms with Gasteiger partial charge in [0.1, 0.15) is 0 Å². The fourth-order valence-corrected chi connectivity index (χ4v) is 0. The van der Waals surface area contributed by atoms with Crippen molar-refractivity contribution in [1.82, 2.24) is 6.15 Å². The monoisotopic (exact) mass is 151 g/mol. The molecule has 0 saturated heterocycles.